The van der Waals surface area contributed by atoms with E-state index in [9.17, 15) is 0 Å². The van der Waals surface area contributed by atoms with Crippen LogP contribution in [-0.2, 0) is 0 Å². The Kier molecular flexibility index (Phi) is 3.32. The molecule has 1 unspecified atom stereocenters. The van der Waals surface area contributed by atoms with Crippen molar-refractivity contribution in [2.45, 2.75) is 39.2 Å². The molecule has 1 N–H and O–H groups in total. The molecule has 1 aromatic carbocycles. The number of benzene rings is 1. The molecule has 0 fully saturated rings. The van der Waals surface area contributed by atoms with Gasteiger partial charge in [-0.3, -0.25) is 4.99 Å². The van der Waals surface area contributed by atoms with Crippen LogP contribution in [0.25, 0.3) is 5.70 Å². The summed E-state index contributed by atoms with van der Waals surface area (Å²) in [6.07, 6.45) is 4.08. The summed E-state index contributed by atoms with van der Waals surface area (Å²) in [5, 5.41) is 3.66. The zero-order chi connectivity index (χ0) is 12.3. The van der Waals surface area contributed by atoms with Crippen LogP contribution in [0.4, 0.5) is 0 Å². The van der Waals surface area contributed by atoms with E-state index in [0.29, 0.717) is 0 Å². The second-order valence-electron chi connectivity index (χ2n) is 4.88. The Labute approximate surface area is 103 Å². The number of allylic oxidation sites excluding steroid dienone is 1. The Bertz CT molecular complexity index is 445. The van der Waals surface area contributed by atoms with Crippen LogP contribution in [0.15, 0.2) is 41.0 Å². The smallest absolute Gasteiger partial charge is 0.0633 e. The summed E-state index contributed by atoms with van der Waals surface area (Å²) in [4.78, 5) is 4.52. The maximum atomic E-state index is 4.52. The zero-order valence-electron chi connectivity index (χ0n) is 10.8. The Morgan fingerprint density at radius 3 is 2.65 bits per heavy atom. The minimum absolute atomic E-state index is 0.104. The lowest BCUT2D eigenvalue weighted by Crippen LogP contribution is -2.40. The summed E-state index contributed by atoms with van der Waals surface area (Å²) < 4.78 is 0. The molecule has 0 bridgehead atoms. The fourth-order valence-corrected chi connectivity index (χ4v) is 2.01. The molecule has 0 amide bonds. The normalized spacial score (nSPS) is 24.4. The summed E-state index contributed by atoms with van der Waals surface area (Å²) >= 11 is 0. The van der Waals surface area contributed by atoms with E-state index in [1.54, 1.807) is 0 Å². The zero-order valence-corrected chi connectivity index (χ0v) is 10.8. The second-order valence-corrected chi connectivity index (χ2v) is 4.88. The Morgan fingerprint density at radius 2 is 2.00 bits per heavy atom. The molecule has 1 heterocycles. The molecular formula is C15H20N2. The number of hydrogen-bond acceptors (Lipinski definition) is 2. The van der Waals surface area contributed by atoms with Gasteiger partial charge in [-0.05, 0) is 25.8 Å². The van der Waals surface area contributed by atoms with Gasteiger partial charge in [-0.15, -0.1) is 0 Å². The topological polar surface area (TPSA) is 24.4 Å². The third-order valence-electron chi connectivity index (χ3n) is 3.46. The second kappa shape index (κ2) is 4.74. The quantitative estimate of drug-likeness (QED) is 0.821. The number of aliphatic imine (C=N–C) groups is 1. The van der Waals surface area contributed by atoms with Crippen molar-refractivity contribution in [1.82, 2.24) is 5.32 Å². The van der Waals surface area contributed by atoms with Crippen LogP contribution in [0.5, 0.6) is 0 Å². The summed E-state index contributed by atoms with van der Waals surface area (Å²) in [6, 6.07) is 10.4. The van der Waals surface area contributed by atoms with Crippen molar-refractivity contribution < 1.29 is 0 Å². The average molecular weight is 228 g/mol. The predicted molar refractivity (Wildman–Crippen MR) is 74.0 cm³/mol. The summed E-state index contributed by atoms with van der Waals surface area (Å²) in [6.45, 7) is 6.53. The fourth-order valence-electron chi connectivity index (χ4n) is 2.01. The van der Waals surface area contributed by atoms with Crippen molar-refractivity contribution in [2.24, 2.45) is 4.99 Å². The molecule has 17 heavy (non-hydrogen) atoms. The molecular weight excluding hydrogens is 208 g/mol. The van der Waals surface area contributed by atoms with E-state index in [1.807, 2.05) is 12.3 Å². The number of rotatable bonds is 2. The number of hydrogen-bond donors (Lipinski definition) is 1. The van der Waals surface area contributed by atoms with Crippen molar-refractivity contribution in [3.8, 4) is 0 Å². The van der Waals surface area contributed by atoms with Crippen LogP contribution >= 0.6 is 0 Å². The fraction of sp³-hybridized carbons (Fsp3) is 0.400. The molecule has 90 valence electrons. The molecule has 0 aromatic heterocycles. The standard InChI is InChI=1S/C15H20N2/c1-4-15(3)10-11-16-12(2)14(17-15)13-8-6-5-7-9-13/h5-9,11,17H,4,10H2,1-3H3. The molecule has 2 nitrogen and oxygen atoms in total. The first-order valence-corrected chi connectivity index (χ1v) is 6.21. The lowest BCUT2D eigenvalue weighted by molar-refractivity contribution is 0.414. The lowest BCUT2D eigenvalue weighted by Gasteiger charge is -2.30. The molecule has 2 rings (SSSR count). The number of nitrogens with one attached hydrogen (secondary N) is 1. The van der Waals surface area contributed by atoms with Gasteiger partial charge in [0, 0.05) is 18.2 Å². The molecule has 0 radical (unpaired) electrons. The molecule has 0 saturated heterocycles. The first-order chi connectivity index (χ1) is 8.14. The molecule has 2 heteroatoms. The molecule has 0 aliphatic carbocycles. The third kappa shape index (κ3) is 2.57. The SMILES string of the molecule is CCC1(C)CC=NC(C)=C(c2ccccc2)N1. The van der Waals surface area contributed by atoms with E-state index in [0.717, 1.165) is 24.2 Å². The van der Waals surface area contributed by atoms with Crippen molar-refractivity contribution in [1.29, 1.82) is 0 Å². The van der Waals surface area contributed by atoms with Crippen molar-refractivity contribution >= 4 is 11.9 Å². The maximum absolute atomic E-state index is 4.52. The van der Waals surface area contributed by atoms with Crippen LogP contribution in [0.3, 0.4) is 0 Å². The highest BCUT2D eigenvalue weighted by Gasteiger charge is 2.24. The highest BCUT2D eigenvalue weighted by Crippen LogP contribution is 2.25. The first kappa shape index (κ1) is 11.9. The van der Waals surface area contributed by atoms with E-state index in [2.05, 4.69) is 55.3 Å². The third-order valence-corrected chi connectivity index (χ3v) is 3.46. The van der Waals surface area contributed by atoms with Crippen LogP contribution in [0, 0.1) is 0 Å². The van der Waals surface area contributed by atoms with Gasteiger partial charge in [0.05, 0.1) is 11.4 Å². The summed E-state index contributed by atoms with van der Waals surface area (Å²) in [7, 11) is 0. The van der Waals surface area contributed by atoms with Gasteiger partial charge in [-0.25, -0.2) is 0 Å². The highest BCUT2D eigenvalue weighted by molar-refractivity contribution is 5.73. The van der Waals surface area contributed by atoms with Crippen LogP contribution in [-0.4, -0.2) is 11.8 Å². The minimum atomic E-state index is 0.104. The van der Waals surface area contributed by atoms with Crippen LogP contribution < -0.4 is 5.32 Å². The average Bonchev–Trinajstić information content (AvgIpc) is 2.51. The van der Waals surface area contributed by atoms with Crippen LogP contribution in [0.2, 0.25) is 0 Å². The molecule has 0 saturated carbocycles. The van der Waals surface area contributed by atoms with Gasteiger partial charge in [-0.2, -0.15) is 0 Å². The van der Waals surface area contributed by atoms with Crippen molar-refractivity contribution in [2.75, 3.05) is 0 Å². The van der Waals surface area contributed by atoms with E-state index in [1.165, 1.54) is 5.56 Å². The van der Waals surface area contributed by atoms with Gasteiger partial charge >= 0.3 is 0 Å². The van der Waals surface area contributed by atoms with E-state index in [-0.39, 0.29) is 5.54 Å². The molecule has 1 aromatic rings. The molecule has 0 spiro atoms. The van der Waals surface area contributed by atoms with Gasteiger partial charge in [0.25, 0.3) is 0 Å². The maximum Gasteiger partial charge on any atom is 0.0633 e. The van der Waals surface area contributed by atoms with E-state index in [4.69, 9.17) is 0 Å². The molecule has 1 atom stereocenters. The summed E-state index contributed by atoms with van der Waals surface area (Å²) in [5.74, 6) is 0. The number of nitrogens with zero attached hydrogens (tertiary/aromatic N) is 1. The Hall–Kier alpha value is -1.57. The van der Waals surface area contributed by atoms with Gasteiger partial charge in [-0.1, -0.05) is 37.3 Å². The van der Waals surface area contributed by atoms with Crippen molar-refractivity contribution in [3.63, 3.8) is 0 Å². The van der Waals surface area contributed by atoms with Crippen LogP contribution in [0.1, 0.15) is 39.2 Å². The first-order valence-electron chi connectivity index (χ1n) is 6.21. The van der Waals surface area contributed by atoms with Crippen molar-refractivity contribution in [3.05, 3.63) is 41.6 Å². The predicted octanol–water partition coefficient (Wildman–Crippen LogP) is 3.61. The van der Waals surface area contributed by atoms with Gasteiger partial charge < -0.3 is 5.32 Å². The Morgan fingerprint density at radius 1 is 1.29 bits per heavy atom. The summed E-state index contributed by atoms with van der Waals surface area (Å²) in [5.41, 5.74) is 3.53. The van der Waals surface area contributed by atoms with E-state index < -0.39 is 0 Å². The minimum Gasteiger partial charge on any atom is -0.378 e. The van der Waals surface area contributed by atoms with E-state index >= 15 is 0 Å². The molecule has 1 aliphatic rings. The highest BCUT2D eigenvalue weighted by atomic mass is 15.0. The lowest BCUT2D eigenvalue weighted by atomic mass is 9.94. The molecule has 1 aliphatic heterocycles. The van der Waals surface area contributed by atoms with Gasteiger partial charge in [0.15, 0.2) is 0 Å². The van der Waals surface area contributed by atoms with Gasteiger partial charge in [0.1, 0.15) is 0 Å². The Balaban J connectivity index is 2.40. The van der Waals surface area contributed by atoms with Gasteiger partial charge in [0.2, 0.25) is 0 Å². The monoisotopic (exact) mass is 228 g/mol. The largest absolute Gasteiger partial charge is 0.378 e.